The highest BCUT2D eigenvalue weighted by Gasteiger charge is 2.33. The molecule has 0 spiro atoms. The Morgan fingerprint density at radius 3 is 2.25 bits per heavy atom. The van der Waals surface area contributed by atoms with Gasteiger partial charge >= 0.3 is 0 Å². The van der Waals surface area contributed by atoms with Crippen LogP contribution < -0.4 is 14.4 Å². The number of nitro benzene ring substituents is 1. The summed E-state index contributed by atoms with van der Waals surface area (Å²) in [4.78, 5) is 39.0. The van der Waals surface area contributed by atoms with Gasteiger partial charge in [-0.2, -0.15) is 0 Å². The first-order valence-corrected chi connectivity index (χ1v) is 15.8. The zero-order valence-corrected chi connectivity index (χ0v) is 27.2. The third-order valence-electron chi connectivity index (χ3n) is 6.81. The molecular weight excluding hydrogens is 631 g/mol. The van der Waals surface area contributed by atoms with Crippen molar-refractivity contribution in [1.29, 1.82) is 0 Å². The van der Waals surface area contributed by atoms with Gasteiger partial charge in [0.15, 0.2) is 0 Å². The number of rotatable bonds is 13. The summed E-state index contributed by atoms with van der Waals surface area (Å²) in [6.45, 7) is 6.38. The van der Waals surface area contributed by atoms with E-state index in [0.717, 1.165) is 10.4 Å². The molecule has 14 heteroatoms. The standard InChI is InChI=1S/C30H34Cl2N4O7S/c1-19(2)16-33-30(38)21(4)34(17-22-7-8-23(31)14-27(22)32)29(37)18-35(24-9-11-25(43-5)12-10-24)44(41,42)26-13-6-20(3)28(15-26)36(39)40/h6-15,19,21H,16-18H2,1-5H3,(H,33,38). The van der Waals surface area contributed by atoms with Gasteiger partial charge in [0.25, 0.3) is 15.7 Å². The van der Waals surface area contributed by atoms with Crippen LogP contribution in [0.25, 0.3) is 0 Å². The van der Waals surface area contributed by atoms with Crippen LogP contribution in [0.15, 0.2) is 65.6 Å². The number of sulfonamides is 1. The first kappa shape index (κ1) is 34.6. The first-order valence-electron chi connectivity index (χ1n) is 13.6. The molecule has 0 aliphatic carbocycles. The predicted molar refractivity (Wildman–Crippen MR) is 170 cm³/mol. The number of ether oxygens (including phenoxy) is 1. The van der Waals surface area contributed by atoms with Gasteiger partial charge in [-0.25, -0.2) is 8.42 Å². The van der Waals surface area contributed by atoms with Crippen LogP contribution in [-0.4, -0.2) is 56.3 Å². The van der Waals surface area contributed by atoms with Crippen LogP contribution in [0, 0.1) is 23.0 Å². The Kier molecular flexibility index (Phi) is 11.6. The number of halogens is 2. The molecule has 236 valence electrons. The fourth-order valence-corrected chi connectivity index (χ4v) is 6.12. The molecule has 1 atom stereocenters. The maximum atomic E-state index is 14.1. The van der Waals surface area contributed by atoms with Crippen molar-refractivity contribution in [3.8, 4) is 5.75 Å². The molecule has 3 aromatic carbocycles. The van der Waals surface area contributed by atoms with Gasteiger partial charge in [0.05, 0.1) is 22.6 Å². The normalized spacial score (nSPS) is 12.0. The number of amides is 2. The summed E-state index contributed by atoms with van der Waals surface area (Å²) in [6.07, 6.45) is 0. The van der Waals surface area contributed by atoms with E-state index in [1.807, 2.05) is 13.8 Å². The Morgan fingerprint density at radius 1 is 1.02 bits per heavy atom. The Hall–Kier alpha value is -3.87. The highest BCUT2D eigenvalue weighted by molar-refractivity contribution is 7.92. The van der Waals surface area contributed by atoms with Crippen LogP contribution in [0.4, 0.5) is 11.4 Å². The smallest absolute Gasteiger partial charge is 0.273 e. The highest BCUT2D eigenvalue weighted by atomic mass is 35.5. The van der Waals surface area contributed by atoms with Crippen molar-refractivity contribution >= 4 is 56.4 Å². The number of aryl methyl sites for hydroxylation is 1. The summed E-state index contributed by atoms with van der Waals surface area (Å²) >= 11 is 12.5. The molecule has 0 aromatic heterocycles. The molecule has 0 radical (unpaired) electrons. The van der Waals surface area contributed by atoms with Gasteiger partial charge < -0.3 is 15.0 Å². The number of nitrogens with zero attached hydrogens (tertiary/aromatic N) is 3. The zero-order chi connectivity index (χ0) is 32.8. The van der Waals surface area contributed by atoms with E-state index >= 15 is 0 Å². The quantitative estimate of drug-likeness (QED) is 0.185. The van der Waals surface area contributed by atoms with Crippen molar-refractivity contribution in [1.82, 2.24) is 10.2 Å². The van der Waals surface area contributed by atoms with Crippen molar-refractivity contribution in [3.05, 3.63) is 92.0 Å². The average Bonchev–Trinajstić information content (AvgIpc) is 2.97. The van der Waals surface area contributed by atoms with E-state index in [1.54, 1.807) is 12.1 Å². The van der Waals surface area contributed by atoms with Crippen LogP contribution >= 0.6 is 23.2 Å². The maximum Gasteiger partial charge on any atom is 0.273 e. The van der Waals surface area contributed by atoms with Gasteiger partial charge in [-0.3, -0.25) is 24.0 Å². The molecule has 3 rings (SSSR count). The molecule has 0 fully saturated rings. The van der Waals surface area contributed by atoms with E-state index in [4.69, 9.17) is 27.9 Å². The molecule has 0 bridgehead atoms. The van der Waals surface area contributed by atoms with Crippen molar-refractivity contribution in [2.24, 2.45) is 5.92 Å². The molecule has 2 amide bonds. The molecule has 1 unspecified atom stereocenters. The van der Waals surface area contributed by atoms with Gasteiger partial charge in [0, 0.05) is 34.8 Å². The number of hydrogen-bond donors (Lipinski definition) is 1. The fraction of sp³-hybridized carbons (Fsp3) is 0.333. The third kappa shape index (κ3) is 8.40. The Labute approximate surface area is 266 Å². The summed E-state index contributed by atoms with van der Waals surface area (Å²) in [5.41, 5.74) is 0.472. The number of nitro groups is 1. The van der Waals surface area contributed by atoms with Crippen molar-refractivity contribution in [2.45, 2.75) is 45.2 Å². The molecule has 0 aliphatic rings. The van der Waals surface area contributed by atoms with E-state index < -0.39 is 39.3 Å². The molecule has 0 saturated carbocycles. The van der Waals surface area contributed by atoms with Crippen LogP contribution in [0.3, 0.4) is 0 Å². The van der Waals surface area contributed by atoms with Crippen LogP contribution in [0.5, 0.6) is 5.75 Å². The molecule has 0 saturated heterocycles. The molecule has 0 heterocycles. The molecule has 44 heavy (non-hydrogen) atoms. The maximum absolute atomic E-state index is 14.1. The molecule has 3 aromatic rings. The number of carbonyl (C=O) groups excluding carboxylic acids is 2. The SMILES string of the molecule is COc1ccc(N(CC(=O)N(Cc2ccc(Cl)cc2Cl)C(C)C(=O)NCC(C)C)S(=O)(=O)c2ccc(C)c([N+](=O)[O-])c2)cc1. The van der Waals surface area contributed by atoms with Crippen molar-refractivity contribution in [2.75, 3.05) is 24.5 Å². The Bertz CT molecular complexity index is 1630. The van der Waals surface area contributed by atoms with E-state index in [9.17, 15) is 28.1 Å². The summed E-state index contributed by atoms with van der Waals surface area (Å²) in [7, 11) is -3.08. The Balaban J connectivity index is 2.10. The van der Waals surface area contributed by atoms with Gasteiger partial charge in [-0.05, 0) is 67.8 Å². The number of anilines is 1. The predicted octanol–water partition coefficient (Wildman–Crippen LogP) is 5.60. The van der Waals surface area contributed by atoms with Crippen LogP contribution in [-0.2, 0) is 26.2 Å². The van der Waals surface area contributed by atoms with Gasteiger partial charge in [-0.1, -0.05) is 49.2 Å². The summed E-state index contributed by atoms with van der Waals surface area (Å²) in [6, 6.07) is 13.2. The Morgan fingerprint density at radius 2 is 1.68 bits per heavy atom. The highest BCUT2D eigenvalue weighted by Crippen LogP contribution is 2.30. The summed E-state index contributed by atoms with van der Waals surface area (Å²) in [5, 5.41) is 15.0. The second-order valence-electron chi connectivity index (χ2n) is 10.5. The monoisotopic (exact) mass is 664 g/mol. The minimum absolute atomic E-state index is 0.101. The lowest BCUT2D eigenvalue weighted by Crippen LogP contribution is -2.51. The van der Waals surface area contributed by atoms with Gasteiger partial charge in [-0.15, -0.1) is 0 Å². The number of carbonyl (C=O) groups is 2. The lowest BCUT2D eigenvalue weighted by Gasteiger charge is -2.32. The van der Waals surface area contributed by atoms with Crippen LogP contribution in [0.1, 0.15) is 31.9 Å². The zero-order valence-electron chi connectivity index (χ0n) is 24.9. The van der Waals surface area contributed by atoms with E-state index in [0.29, 0.717) is 22.9 Å². The number of hydrogen-bond acceptors (Lipinski definition) is 7. The topological polar surface area (TPSA) is 139 Å². The van der Waals surface area contributed by atoms with Gasteiger partial charge in [0.1, 0.15) is 18.3 Å². The third-order valence-corrected chi connectivity index (χ3v) is 9.17. The number of nitrogens with one attached hydrogen (secondary N) is 1. The van der Waals surface area contributed by atoms with Crippen molar-refractivity contribution < 1.29 is 27.7 Å². The average molecular weight is 666 g/mol. The molecular formula is C30H34Cl2N4O7S. The fourth-order valence-electron chi connectivity index (χ4n) is 4.22. The lowest BCUT2D eigenvalue weighted by molar-refractivity contribution is -0.385. The first-order chi connectivity index (χ1) is 20.6. The molecule has 11 nitrogen and oxygen atoms in total. The minimum atomic E-state index is -4.53. The number of benzene rings is 3. The van der Waals surface area contributed by atoms with E-state index in [-0.39, 0.29) is 39.3 Å². The second kappa shape index (κ2) is 14.7. The van der Waals surface area contributed by atoms with Crippen LogP contribution in [0.2, 0.25) is 10.0 Å². The largest absolute Gasteiger partial charge is 0.497 e. The lowest BCUT2D eigenvalue weighted by atomic mass is 10.1. The van der Waals surface area contributed by atoms with Gasteiger partial charge in [0.2, 0.25) is 11.8 Å². The number of methoxy groups -OCH3 is 1. The molecule has 1 N–H and O–H groups in total. The minimum Gasteiger partial charge on any atom is -0.497 e. The second-order valence-corrected chi connectivity index (χ2v) is 13.2. The van der Waals surface area contributed by atoms with E-state index in [2.05, 4.69) is 5.32 Å². The molecule has 0 aliphatic heterocycles. The van der Waals surface area contributed by atoms with Crippen molar-refractivity contribution in [3.63, 3.8) is 0 Å². The summed E-state index contributed by atoms with van der Waals surface area (Å²) in [5.74, 6) is -0.567. The van der Waals surface area contributed by atoms with E-state index in [1.165, 1.54) is 68.3 Å². The summed E-state index contributed by atoms with van der Waals surface area (Å²) < 4.78 is 34.1.